The lowest BCUT2D eigenvalue weighted by molar-refractivity contribution is -0.139. The van der Waals surface area contributed by atoms with Crippen molar-refractivity contribution < 1.29 is 14.3 Å². The molecule has 40 heavy (non-hydrogen) atoms. The van der Waals surface area contributed by atoms with Crippen molar-refractivity contribution in [3.63, 3.8) is 0 Å². The van der Waals surface area contributed by atoms with Gasteiger partial charge in [-0.2, -0.15) is 0 Å². The lowest BCUT2D eigenvalue weighted by atomic mass is 9.94. The third-order valence-corrected chi connectivity index (χ3v) is 8.76. The van der Waals surface area contributed by atoms with Gasteiger partial charge in [-0.3, -0.25) is 9.59 Å². The third-order valence-electron chi connectivity index (χ3n) is 7.21. The van der Waals surface area contributed by atoms with Crippen molar-refractivity contribution in [2.24, 2.45) is 0 Å². The molecule has 0 saturated heterocycles. The summed E-state index contributed by atoms with van der Waals surface area (Å²) in [6.07, 6.45) is 5.82. The molecule has 1 atom stereocenters. The van der Waals surface area contributed by atoms with Gasteiger partial charge in [0, 0.05) is 34.8 Å². The summed E-state index contributed by atoms with van der Waals surface area (Å²) in [5, 5.41) is 4.44. The zero-order valence-electron chi connectivity index (χ0n) is 22.8. The van der Waals surface area contributed by atoms with E-state index in [1.54, 1.807) is 24.1 Å². The van der Waals surface area contributed by atoms with E-state index in [4.69, 9.17) is 27.9 Å². The molecular formula is C32H36Cl2N2O3S. The number of thioether (sulfide) groups is 1. The molecule has 212 valence electrons. The van der Waals surface area contributed by atoms with Gasteiger partial charge in [0.15, 0.2) is 0 Å². The summed E-state index contributed by atoms with van der Waals surface area (Å²) in [6, 6.07) is 22.4. The monoisotopic (exact) mass is 598 g/mol. The minimum absolute atomic E-state index is 0.0993. The summed E-state index contributed by atoms with van der Waals surface area (Å²) in [7, 11) is 1.62. The molecular weight excluding hydrogens is 563 g/mol. The van der Waals surface area contributed by atoms with Gasteiger partial charge in [-0.15, -0.1) is 11.8 Å². The highest BCUT2D eigenvalue weighted by Gasteiger charge is 2.32. The first-order valence-corrected chi connectivity index (χ1v) is 15.6. The Labute approximate surface area is 251 Å². The van der Waals surface area contributed by atoms with Gasteiger partial charge in [0.1, 0.15) is 11.8 Å². The van der Waals surface area contributed by atoms with Gasteiger partial charge < -0.3 is 15.0 Å². The number of hydrogen-bond donors (Lipinski definition) is 1. The van der Waals surface area contributed by atoms with Crippen LogP contribution in [0.3, 0.4) is 0 Å². The van der Waals surface area contributed by atoms with Crippen molar-refractivity contribution in [3.8, 4) is 5.75 Å². The van der Waals surface area contributed by atoms with Crippen molar-refractivity contribution in [2.45, 2.75) is 62.9 Å². The van der Waals surface area contributed by atoms with Crippen LogP contribution in [0.25, 0.3) is 0 Å². The molecule has 1 N–H and O–H groups in total. The Bertz CT molecular complexity index is 1270. The Morgan fingerprint density at radius 1 is 0.975 bits per heavy atom. The molecule has 1 saturated carbocycles. The predicted molar refractivity (Wildman–Crippen MR) is 165 cm³/mol. The summed E-state index contributed by atoms with van der Waals surface area (Å²) < 4.78 is 5.43. The standard InChI is InChI=1S/C32H36Cl2N2O3S/c1-39-28-14-8-11-24(17-28)20-36(31(37)22-40-21-25-15-16-26(33)19-29(25)34)30(18-23-9-4-2-5-10-23)32(38)35-27-12-6-3-7-13-27/h2,4-5,8-11,14-17,19,27,30H,3,6-7,12-13,18,20-22H2,1H3,(H,35,38)/t30-/m0/s1. The number of nitrogens with zero attached hydrogens (tertiary/aromatic N) is 1. The van der Waals surface area contributed by atoms with E-state index in [0.29, 0.717) is 34.5 Å². The van der Waals surface area contributed by atoms with Crippen LogP contribution < -0.4 is 10.1 Å². The fraction of sp³-hybridized carbons (Fsp3) is 0.375. The number of amides is 2. The first-order valence-electron chi connectivity index (χ1n) is 13.7. The van der Waals surface area contributed by atoms with Crippen LogP contribution in [0, 0.1) is 0 Å². The summed E-state index contributed by atoms with van der Waals surface area (Å²) in [5.74, 6) is 1.29. The number of rotatable bonds is 12. The van der Waals surface area contributed by atoms with Gasteiger partial charge >= 0.3 is 0 Å². The molecule has 4 rings (SSSR count). The molecule has 0 radical (unpaired) electrons. The maximum atomic E-state index is 13.9. The Morgan fingerprint density at radius 3 is 2.45 bits per heavy atom. The normalized spacial score (nSPS) is 14.4. The van der Waals surface area contributed by atoms with Crippen LogP contribution >= 0.6 is 35.0 Å². The number of ether oxygens (including phenoxy) is 1. The molecule has 3 aromatic rings. The number of nitrogens with one attached hydrogen (secondary N) is 1. The highest BCUT2D eigenvalue weighted by molar-refractivity contribution is 7.99. The van der Waals surface area contributed by atoms with E-state index in [9.17, 15) is 9.59 Å². The highest BCUT2D eigenvalue weighted by Crippen LogP contribution is 2.26. The number of benzene rings is 3. The van der Waals surface area contributed by atoms with Crippen LogP contribution in [0.2, 0.25) is 10.0 Å². The zero-order chi connectivity index (χ0) is 28.3. The maximum absolute atomic E-state index is 13.9. The number of carbonyl (C=O) groups excluding carboxylic acids is 2. The van der Waals surface area contributed by atoms with Crippen molar-refractivity contribution in [1.29, 1.82) is 0 Å². The van der Waals surface area contributed by atoms with Crippen LogP contribution in [0.15, 0.2) is 72.8 Å². The van der Waals surface area contributed by atoms with Crippen LogP contribution in [-0.4, -0.2) is 41.7 Å². The largest absolute Gasteiger partial charge is 0.497 e. The molecule has 1 fully saturated rings. The lowest BCUT2D eigenvalue weighted by Gasteiger charge is -2.33. The fourth-order valence-electron chi connectivity index (χ4n) is 5.04. The van der Waals surface area contributed by atoms with Crippen molar-refractivity contribution in [3.05, 3.63) is 99.5 Å². The zero-order valence-corrected chi connectivity index (χ0v) is 25.1. The molecule has 3 aromatic carbocycles. The molecule has 0 aliphatic heterocycles. The molecule has 1 aliphatic carbocycles. The molecule has 0 heterocycles. The third kappa shape index (κ3) is 8.92. The molecule has 0 aromatic heterocycles. The maximum Gasteiger partial charge on any atom is 0.243 e. The number of hydrogen-bond acceptors (Lipinski definition) is 4. The van der Waals surface area contributed by atoms with Crippen molar-refractivity contribution in [1.82, 2.24) is 10.2 Å². The minimum atomic E-state index is -0.650. The molecule has 2 amide bonds. The second-order valence-electron chi connectivity index (χ2n) is 10.2. The van der Waals surface area contributed by atoms with Gasteiger partial charge in [-0.05, 0) is 53.8 Å². The van der Waals surface area contributed by atoms with Gasteiger partial charge in [-0.25, -0.2) is 0 Å². The summed E-state index contributed by atoms with van der Waals surface area (Å²) in [4.78, 5) is 29.5. The topological polar surface area (TPSA) is 58.6 Å². The molecule has 5 nitrogen and oxygen atoms in total. The van der Waals surface area contributed by atoms with Gasteiger partial charge in [0.25, 0.3) is 0 Å². The second kappa shape index (κ2) is 15.4. The molecule has 8 heteroatoms. The van der Waals surface area contributed by atoms with Gasteiger partial charge in [-0.1, -0.05) is 91.0 Å². The van der Waals surface area contributed by atoms with Gasteiger partial charge in [0.2, 0.25) is 11.8 Å². The second-order valence-corrected chi connectivity index (χ2v) is 12.0. The predicted octanol–water partition coefficient (Wildman–Crippen LogP) is 7.32. The van der Waals surface area contributed by atoms with E-state index in [-0.39, 0.29) is 23.6 Å². The lowest BCUT2D eigenvalue weighted by Crippen LogP contribution is -2.53. The number of methoxy groups -OCH3 is 1. The summed E-state index contributed by atoms with van der Waals surface area (Å²) in [6.45, 7) is 0.299. The Hall–Kier alpha value is -2.67. The Morgan fingerprint density at radius 2 is 1.73 bits per heavy atom. The molecule has 1 aliphatic rings. The van der Waals surface area contributed by atoms with Crippen molar-refractivity contribution in [2.75, 3.05) is 12.9 Å². The Balaban J connectivity index is 1.58. The van der Waals surface area contributed by atoms with Crippen LogP contribution in [0.1, 0.15) is 48.8 Å². The van der Waals surface area contributed by atoms with Crippen molar-refractivity contribution >= 4 is 46.8 Å². The SMILES string of the molecule is COc1cccc(CN(C(=O)CSCc2ccc(Cl)cc2Cl)[C@@H](Cc2ccccc2)C(=O)NC2CCCCC2)c1. The quantitative estimate of drug-likeness (QED) is 0.237. The first kappa shape index (κ1) is 30.3. The average Bonchev–Trinajstić information content (AvgIpc) is 2.97. The molecule has 0 spiro atoms. The molecule has 0 unspecified atom stereocenters. The highest BCUT2D eigenvalue weighted by atomic mass is 35.5. The van der Waals surface area contributed by atoms with E-state index in [1.165, 1.54) is 18.2 Å². The average molecular weight is 600 g/mol. The smallest absolute Gasteiger partial charge is 0.243 e. The first-order chi connectivity index (χ1) is 19.4. The van der Waals surface area contributed by atoms with E-state index < -0.39 is 6.04 Å². The van der Waals surface area contributed by atoms with Crippen LogP contribution in [-0.2, 0) is 28.3 Å². The van der Waals surface area contributed by atoms with E-state index in [0.717, 1.165) is 42.4 Å². The minimum Gasteiger partial charge on any atom is -0.497 e. The van der Waals surface area contributed by atoms with Crippen LogP contribution in [0.4, 0.5) is 0 Å². The van der Waals surface area contributed by atoms with E-state index in [2.05, 4.69) is 5.32 Å². The van der Waals surface area contributed by atoms with Crippen LogP contribution in [0.5, 0.6) is 5.75 Å². The van der Waals surface area contributed by atoms with Gasteiger partial charge in [0.05, 0.1) is 12.9 Å². The molecule has 0 bridgehead atoms. The summed E-state index contributed by atoms with van der Waals surface area (Å²) in [5.41, 5.74) is 2.83. The number of carbonyl (C=O) groups is 2. The summed E-state index contributed by atoms with van der Waals surface area (Å²) >= 11 is 13.9. The number of halogens is 2. The van der Waals surface area contributed by atoms with E-state index in [1.807, 2.05) is 60.7 Å². The van der Waals surface area contributed by atoms with E-state index >= 15 is 0 Å². The Kier molecular flexibility index (Phi) is 11.6. The fourth-order valence-corrected chi connectivity index (χ4v) is 6.50.